The molecule has 0 bridgehead atoms. The van der Waals surface area contributed by atoms with Crippen LogP contribution in [0.25, 0.3) is 0 Å². The van der Waals surface area contributed by atoms with E-state index in [1.807, 2.05) is 48.2 Å². The Bertz CT molecular complexity index is 832. The van der Waals surface area contributed by atoms with Crippen molar-refractivity contribution in [1.82, 2.24) is 15.5 Å². The van der Waals surface area contributed by atoms with Gasteiger partial charge in [0.05, 0.1) is 13.7 Å². The van der Waals surface area contributed by atoms with E-state index in [1.165, 1.54) is 11.1 Å². The quantitative estimate of drug-likeness (QED) is 0.240. The van der Waals surface area contributed by atoms with Crippen LogP contribution < -0.4 is 15.4 Å². The molecule has 0 aliphatic carbocycles. The molecule has 1 aliphatic rings. The Labute approximate surface area is 196 Å². The number of carbonyl (C=O) groups is 1. The van der Waals surface area contributed by atoms with Crippen molar-refractivity contribution in [2.45, 2.75) is 39.4 Å². The van der Waals surface area contributed by atoms with Crippen LogP contribution in [0.5, 0.6) is 5.75 Å². The molecule has 2 aromatic carbocycles. The molecule has 2 aromatic rings. The van der Waals surface area contributed by atoms with Gasteiger partial charge in [0.15, 0.2) is 5.96 Å². The van der Waals surface area contributed by atoms with Gasteiger partial charge in [-0.05, 0) is 42.2 Å². The summed E-state index contributed by atoms with van der Waals surface area (Å²) in [5.41, 5.74) is 3.61. The predicted molar refractivity (Wildman–Crippen MR) is 131 cm³/mol. The Morgan fingerprint density at radius 3 is 2.50 bits per heavy atom. The average Bonchev–Trinajstić information content (AvgIpc) is 3.19. The number of methoxy groups -OCH3 is 1. The lowest BCUT2D eigenvalue weighted by Gasteiger charge is -2.16. The van der Waals surface area contributed by atoms with Gasteiger partial charge in [0.25, 0.3) is 0 Å². The van der Waals surface area contributed by atoms with Gasteiger partial charge in [-0.2, -0.15) is 0 Å². The Hall–Kier alpha value is -2.29. The van der Waals surface area contributed by atoms with E-state index >= 15 is 0 Å². The molecule has 0 unspecified atom stereocenters. The van der Waals surface area contributed by atoms with E-state index in [-0.39, 0.29) is 29.9 Å². The number of aliphatic imine (C=N–C) groups is 1. The van der Waals surface area contributed by atoms with E-state index < -0.39 is 0 Å². The second-order valence-corrected chi connectivity index (χ2v) is 7.10. The Morgan fingerprint density at radius 2 is 1.83 bits per heavy atom. The van der Waals surface area contributed by atoms with Crippen LogP contribution in [0.15, 0.2) is 53.5 Å². The smallest absolute Gasteiger partial charge is 0.223 e. The lowest BCUT2D eigenvalue weighted by molar-refractivity contribution is -0.131. The summed E-state index contributed by atoms with van der Waals surface area (Å²) >= 11 is 0. The van der Waals surface area contributed by atoms with Gasteiger partial charge >= 0.3 is 0 Å². The third-order valence-corrected chi connectivity index (χ3v) is 4.95. The molecule has 3 rings (SSSR count). The van der Waals surface area contributed by atoms with Gasteiger partial charge in [0.1, 0.15) is 5.75 Å². The summed E-state index contributed by atoms with van der Waals surface area (Å²) in [4.78, 5) is 19.1. The van der Waals surface area contributed by atoms with Gasteiger partial charge < -0.3 is 20.3 Å². The summed E-state index contributed by atoms with van der Waals surface area (Å²) < 4.78 is 5.26. The first-order valence-electron chi connectivity index (χ1n) is 10.2. The molecule has 0 saturated carbocycles. The van der Waals surface area contributed by atoms with Crippen LogP contribution in [0.3, 0.4) is 0 Å². The highest BCUT2D eigenvalue weighted by Crippen LogP contribution is 2.22. The SMILES string of the molecule is CCNC(=NCc1cccc(OC)c1)NCCCC(=O)N1Cc2ccccc2C1.I. The highest BCUT2D eigenvalue weighted by molar-refractivity contribution is 14.0. The minimum absolute atomic E-state index is 0. The number of ether oxygens (including phenoxy) is 1. The zero-order valence-corrected chi connectivity index (χ0v) is 20.0. The number of nitrogens with one attached hydrogen (secondary N) is 2. The van der Waals surface area contributed by atoms with Crippen molar-refractivity contribution >= 4 is 35.8 Å². The lowest BCUT2D eigenvalue weighted by Crippen LogP contribution is -2.38. The molecule has 0 aromatic heterocycles. The zero-order chi connectivity index (χ0) is 20.5. The second-order valence-electron chi connectivity index (χ2n) is 7.10. The minimum atomic E-state index is 0. The lowest BCUT2D eigenvalue weighted by atomic mass is 10.1. The number of carbonyl (C=O) groups excluding carboxylic acids is 1. The summed E-state index contributed by atoms with van der Waals surface area (Å²) in [7, 11) is 1.66. The third-order valence-electron chi connectivity index (χ3n) is 4.95. The van der Waals surface area contributed by atoms with E-state index in [1.54, 1.807) is 7.11 Å². The number of benzene rings is 2. The molecule has 0 spiro atoms. The molecular weight excluding hydrogens is 491 g/mol. The van der Waals surface area contributed by atoms with E-state index in [0.29, 0.717) is 19.5 Å². The Kier molecular flexibility index (Phi) is 9.93. The molecule has 1 aliphatic heterocycles. The molecular formula is C23H31IN4O2. The molecule has 0 fully saturated rings. The summed E-state index contributed by atoms with van der Waals surface area (Å²) in [6.45, 7) is 5.56. The molecule has 162 valence electrons. The molecule has 0 radical (unpaired) electrons. The highest BCUT2D eigenvalue weighted by atomic mass is 127. The molecule has 30 heavy (non-hydrogen) atoms. The van der Waals surface area contributed by atoms with Crippen LogP contribution >= 0.6 is 24.0 Å². The summed E-state index contributed by atoms with van der Waals surface area (Å²) in [5.74, 6) is 1.80. The van der Waals surface area contributed by atoms with Crippen molar-refractivity contribution in [3.05, 3.63) is 65.2 Å². The zero-order valence-electron chi connectivity index (χ0n) is 17.7. The van der Waals surface area contributed by atoms with Crippen molar-refractivity contribution < 1.29 is 9.53 Å². The largest absolute Gasteiger partial charge is 0.497 e. The highest BCUT2D eigenvalue weighted by Gasteiger charge is 2.22. The van der Waals surface area contributed by atoms with E-state index in [9.17, 15) is 4.79 Å². The van der Waals surface area contributed by atoms with Crippen LogP contribution in [0, 0.1) is 0 Å². The second kappa shape index (κ2) is 12.4. The fourth-order valence-electron chi connectivity index (χ4n) is 3.40. The van der Waals surface area contributed by atoms with Gasteiger partial charge in [-0.25, -0.2) is 4.99 Å². The van der Waals surface area contributed by atoms with Gasteiger partial charge in [-0.15, -0.1) is 24.0 Å². The van der Waals surface area contributed by atoms with Crippen LogP contribution in [-0.4, -0.2) is 37.0 Å². The van der Waals surface area contributed by atoms with E-state index in [0.717, 1.165) is 43.3 Å². The van der Waals surface area contributed by atoms with Gasteiger partial charge in [0, 0.05) is 32.6 Å². The first-order valence-corrected chi connectivity index (χ1v) is 10.2. The number of halogens is 1. The monoisotopic (exact) mass is 522 g/mol. The van der Waals surface area contributed by atoms with Crippen molar-refractivity contribution in [3.63, 3.8) is 0 Å². The van der Waals surface area contributed by atoms with Crippen molar-refractivity contribution in [2.75, 3.05) is 20.2 Å². The van der Waals surface area contributed by atoms with Gasteiger partial charge in [-0.3, -0.25) is 4.79 Å². The fourth-order valence-corrected chi connectivity index (χ4v) is 3.40. The molecule has 0 atom stereocenters. The van der Waals surface area contributed by atoms with E-state index in [2.05, 4.69) is 27.8 Å². The van der Waals surface area contributed by atoms with Crippen LogP contribution in [0.1, 0.15) is 36.5 Å². The maximum atomic E-state index is 12.5. The normalized spacial score (nSPS) is 12.7. The molecule has 0 saturated heterocycles. The minimum Gasteiger partial charge on any atom is -0.497 e. The average molecular weight is 522 g/mol. The summed E-state index contributed by atoms with van der Waals surface area (Å²) in [5, 5.41) is 6.57. The standard InChI is InChI=1S/C23H30N4O2.HI/c1-3-24-23(26-15-18-8-6-11-21(14-18)29-2)25-13-7-12-22(28)27-16-19-9-4-5-10-20(19)17-27;/h4-6,8-11,14H,3,7,12-13,15-17H2,1-2H3,(H2,24,25,26);1H. The Balaban J connectivity index is 0.00000320. The number of guanidine groups is 1. The molecule has 2 N–H and O–H groups in total. The van der Waals surface area contributed by atoms with Crippen molar-refractivity contribution in [2.24, 2.45) is 4.99 Å². The maximum Gasteiger partial charge on any atom is 0.223 e. The molecule has 7 heteroatoms. The number of amides is 1. The third kappa shape index (κ3) is 6.90. The number of fused-ring (bicyclic) bond motifs is 1. The number of nitrogens with zero attached hydrogens (tertiary/aromatic N) is 2. The first kappa shape index (κ1) is 24.0. The first-order chi connectivity index (χ1) is 14.2. The Morgan fingerprint density at radius 1 is 1.10 bits per heavy atom. The van der Waals surface area contributed by atoms with Crippen molar-refractivity contribution in [3.8, 4) is 5.75 Å². The number of hydrogen-bond acceptors (Lipinski definition) is 3. The molecule has 1 amide bonds. The van der Waals surface area contributed by atoms with E-state index in [4.69, 9.17) is 4.74 Å². The van der Waals surface area contributed by atoms with Gasteiger partial charge in [0.2, 0.25) is 5.91 Å². The van der Waals surface area contributed by atoms with Gasteiger partial charge in [-0.1, -0.05) is 36.4 Å². The number of rotatable bonds is 8. The topological polar surface area (TPSA) is 66.0 Å². The van der Waals surface area contributed by atoms with Crippen LogP contribution in [0.4, 0.5) is 0 Å². The van der Waals surface area contributed by atoms with Crippen LogP contribution in [-0.2, 0) is 24.4 Å². The summed E-state index contributed by atoms with van der Waals surface area (Å²) in [6.07, 6.45) is 1.31. The van der Waals surface area contributed by atoms with Crippen molar-refractivity contribution in [1.29, 1.82) is 0 Å². The maximum absolute atomic E-state index is 12.5. The molecule has 1 heterocycles. The predicted octanol–water partition coefficient (Wildman–Crippen LogP) is 3.69. The summed E-state index contributed by atoms with van der Waals surface area (Å²) in [6, 6.07) is 16.2. The molecule has 6 nitrogen and oxygen atoms in total. The fraction of sp³-hybridized carbons (Fsp3) is 0.391. The van der Waals surface area contributed by atoms with Crippen LogP contribution in [0.2, 0.25) is 0 Å². The number of hydrogen-bond donors (Lipinski definition) is 2.